The molecule has 0 unspecified atom stereocenters. The number of nitrogens with one attached hydrogen (secondary N) is 1. The topological polar surface area (TPSA) is 29.3 Å². The number of hydrogen-bond donors (Lipinski definition) is 1. The van der Waals surface area contributed by atoms with Crippen molar-refractivity contribution in [3.8, 4) is 11.3 Å². The number of aryl methyl sites for hydroxylation is 2. The zero-order valence-electron chi connectivity index (χ0n) is 14.8. The molecule has 1 N–H and O–H groups in total. The van der Waals surface area contributed by atoms with Gasteiger partial charge < -0.3 is 5.32 Å². The minimum absolute atomic E-state index is 0.702. The van der Waals surface area contributed by atoms with Crippen molar-refractivity contribution >= 4 is 23.1 Å². The van der Waals surface area contributed by atoms with Crippen LogP contribution in [0.1, 0.15) is 16.8 Å². The largest absolute Gasteiger partial charge is 0.365 e. The smallest absolute Gasteiger partial charge is 0.139 e. The van der Waals surface area contributed by atoms with Gasteiger partial charge in [0.05, 0.1) is 5.02 Å². The molecule has 0 saturated heterocycles. The molecule has 26 heavy (non-hydrogen) atoms. The van der Waals surface area contributed by atoms with E-state index in [1.165, 1.54) is 11.1 Å². The predicted octanol–water partition coefficient (Wildman–Crippen LogP) is 5.88. The summed E-state index contributed by atoms with van der Waals surface area (Å²) in [6.45, 7) is 4.92. The van der Waals surface area contributed by atoms with Crippen LogP contribution in [0.25, 0.3) is 16.9 Å². The van der Waals surface area contributed by atoms with E-state index in [0.29, 0.717) is 5.02 Å². The van der Waals surface area contributed by atoms with Gasteiger partial charge in [-0.15, -0.1) is 0 Å². The highest BCUT2D eigenvalue weighted by atomic mass is 35.5. The fourth-order valence-corrected chi connectivity index (χ4v) is 3.54. The molecule has 4 aromatic rings. The Morgan fingerprint density at radius 1 is 0.962 bits per heavy atom. The molecule has 2 aromatic carbocycles. The van der Waals surface area contributed by atoms with Crippen molar-refractivity contribution in [2.24, 2.45) is 0 Å². The van der Waals surface area contributed by atoms with Crippen LogP contribution in [0.2, 0.25) is 5.02 Å². The van der Waals surface area contributed by atoms with Gasteiger partial charge in [-0.05, 0) is 43.2 Å². The van der Waals surface area contributed by atoms with Gasteiger partial charge in [0.15, 0.2) is 0 Å². The van der Waals surface area contributed by atoms with Crippen LogP contribution < -0.4 is 5.32 Å². The normalized spacial score (nSPS) is 11.0. The monoisotopic (exact) mass is 361 g/mol. The molecule has 130 valence electrons. The lowest BCUT2D eigenvalue weighted by Crippen LogP contribution is -2.05. The highest BCUT2D eigenvalue weighted by Gasteiger charge is 2.17. The van der Waals surface area contributed by atoms with E-state index in [0.717, 1.165) is 35.0 Å². The van der Waals surface area contributed by atoms with Crippen LogP contribution in [0.15, 0.2) is 66.7 Å². The van der Waals surface area contributed by atoms with Crippen molar-refractivity contribution in [3.05, 3.63) is 88.6 Å². The maximum absolute atomic E-state index is 6.47. The molecular weight excluding hydrogens is 342 g/mol. The Morgan fingerprint density at radius 2 is 1.69 bits per heavy atom. The number of anilines is 1. The van der Waals surface area contributed by atoms with Crippen LogP contribution in [0.5, 0.6) is 0 Å². The molecule has 4 heteroatoms. The fraction of sp³-hybridized carbons (Fsp3) is 0.136. The van der Waals surface area contributed by atoms with E-state index in [2.05, 4.69) is 60.0 Å². The summed E-state index contributed by atoms with van der Waals surface area (Å²) in [5.41, 5.74) is 6.29. The molecule has 3 nitrogen and oxygen atoms in total. The molecule has 0 atom stereocenters. The van der Waals surface area contributed by atoms with Crippen molar-refractivity contribution in [1.29, 1.82) is 0 Å². The number of rotatable bonds is 4. The molecule has 0 saturated carbocycles. The van der Waals surface area contributed by atoms with Crippen LogP contribution in [0.3, 0.4) is 0 Å². The zero-order valence-corrected chi connectivity index (χ0v) is 15.6. The third-order valence-electron chi connectivity index (χ3n) is 4.48. The Bertz CT molecular complexity index is 1070. The quantitative estimate of drug-likeness (QED) is 0.491. The molecule has 2 aromatic heterocycles. The molecule has 0 spiro atoms. The Morgan fingerprint density at radius 3 is 2.46 bits per heavy atom. The molecule has 4 rings (SSSR count). The molecule has 2 heterocycles. The van der Waals surface area contributed by atoms with E-state index in [9.17, 15) is 0 Å². The highest BCUT2D eigenvalue weighted by Crippen LogP contribution is 2.34. The molecule has 0 aliphatic rings. The van der Waals surface area contributed by atoms with E-state index >= 15 is 0 Å². The predicted molar refractivity (Wildman–Crippen MR) is 109 cm³/mol. The summed E-state index contributed by atoms with van der Waals surface area (Å²) in [6.07, 6.45) is 0. The number of pyridine rings is 1. The summed E-state index contributed by atoms with van der Waals surface area (Å²) in [7, 11) is 0. The van der Waals surface area contributed by atoms with Crippen LogP contribution in [-0.2, 0) is 6.54 Å². The van der Waals surface area contributed by atoms with Gasteiger partial charge >= 0.3 is 0 Å². The first-order valence-corrected chi connectivity index (χ1v) is 9.03. The second-order valence-corrected chi connectivity index (χ2v) is 6.90. The van der Waals surface area contributed by atoms with Gasteiger partial charge in [0.25, 0.3) is 0 Å². The van der Waals surface area contributed by atoms with Gasteiger partial charge in [-0.1, -0.05) is 60.1 Å². The second kappa shape index (κ2) is 6.85. The first-order chi connectivity index (χ1) is 12.6. The van der Waals surface area contributed by atoms with Gasteiger partial charge in [-0.25, -0.2) is 4.98 Å². The van der Waals surface area contributed by atoms with Crippen LogP contribution in [-0.4, -0.2) is 9.38 Å². The second-order valence-electron chi connectivity index (χ2n) is 6.50. The van der Waals surface area contributed by atoms with Crippen LogP contribution >= 0.6 is 11.6 Å². The van der Waals surface area contributed by atoms with Gasteiger partial charge in [0.2, 0.25) is 0 Å². The standard InChI is InChI=1S/C22H20ClN3/c1-15-12-16(2)26-20(13-15)25-21(18-10-6-7-11-19(18)23)22(26)24-14-17-8-4-3-5-9-17/h3-13,24H,14H2,1-2H3. The summed E-state index contributed by atoms with van der Waals surface area (Å²) in [4.78, 5) is 4.89. The summed E-state index contributed by atoms with van der Waals surface area (Å²) >= 11 is 6.47. The Kier molecular flexibility index (Phi) is 4.39. The third kappa shape index (κ3) is 3.06. The van der Waals surface area contributed by atoms with E-state index in [1.54, 1.807) is 0 Å². The SMILES string of the molecule is Cc1cc(C)n2c(NCc3ccccc3)c(-c3ccccc3Cl)nc2c1. The number of nitrogens with zero attached hydrogens (tertiary/aromatic N) is 2. The van der Waals surface area contributed by atoms with Crippen molar-refractivity contribution in [3.63, 3.8) is 0 Å². The fourth-order valence-electron chi connectivity index (χ4n) is 3.32. The lowest BCUT2D eigenvalue weighted by atomic mass is 10.1. The molecule has 0 aliphatic heterocycles. The van der Waals surface area contributed by atoms with Crippen molar-refractivity contribution in [2.45, 2.75) is 20.4 Å². The van der Waals surface area contributed by atoms with Gasteiger partial charge in [0, 0.05) is 17.8 Å². The molecule has 0 aliphatic carbocycles. The first kappa shape index (κ1) is 16.7. The average molecular weight is 362 g/mol. The number of hydrogen-bond acceptors (Lipinski definition) is 2. The lowest BCUT2D eigenvalue weighted by Gasteiger charge is -2.12. The molecule has 0 amide bonds. The molecule has 0 fully saturated rings. The third-order valence-corrected chi connectivity index (χ3v) is 4.81. The van der Waals surface area contributed by atoms with E-state index in [4.69, 9.17) is 16.6 Å². The van der Waals surface area contributed by atoms with Crippen molar-refractivity contribution in [2.75, 3.05) is 5.32 Å². The number of fused-ring (bicyclic) bond motifs is 1. The zero-order chi connectivity index (χ0) is 18.1. The van der Waals surface area contributed by atoms with Gasteiger partial charge in [0.1, 0.15) is 17.2 Å². The Hall–Kier alpha value is -2.78. The number of imidazole rings is 1. The maximum atomic E-state index is 6.47. The van der Waals surface area contributed by atoms with E-state index < -0.39 is 0 Å². The number of halogens is 1. The van der Waals surface area contributed by atoms with E-state index in [1.807, 2.05) is 30.3 Å². The number of aromatic nitrogens is 2. The van der Waals surface area contributed by atoms with Gasteiger partial charge in [-0.3, -0.25) is 4.40 Å². The Labute approximate surface area is 158 Å². The minimum Gasteiger partial charge on any atom is -0.365 e. The van der Waals surface area contributed by atoms with E-state index in [-0.39, 0.29) is 0 Å². The van der Waals surface area contributed by atoms with Crippen LogP contribution in [0.4, 0.5) is 5.82 Å². The molecule has 0 bridgehead atoms. The summed E-state index contributed by atoms with van der Waals surface area (Å²) in [5, 5.41) is 4.28. The summed E-state index contributed by atoms with van der Waals surface area (Å²) in [5.74, 6) is 0.967. The van der Waals surface area contributed by atoms with Gasteiger partial charge in [-0.2, -0.15) is 0 Å². The van der Waals surface area contributed by atoms with Crippen molar-refractivity contribution < 1.29 is 0 Å². The summed E-state index contributed by atoms with van der Waals surface area (Å²) in [6, 6.07) is 22.5. The molecular formula is C22H20ClN3. The highest BCUT2D eigenvalue weighted by molar-refractivity contribution is 6.33. The lowest BCUT2D eigenvalue weighted by molar-refractivity contribution is 1.04. The Balaban J connectivity index is 1.87. The van der Waals surface area contributed by atoms with Crippen LogP contribution in [0, 0.1) is 13.8 Å². The minimum atomic E-state index is 0.702. The average Bonchev–Trinajstić information content (AvgIpc) is 2.99. The summed E-state index contributed by atoms with van der Waals surface area (Å²) < 4.78 is 2.16. The maximum Gasteiger partial charge on any atom is 0.139 e. The number of benzene rings is 2. The molecule has 0 radical (unpaired) electrons. The first-order valence-electron chi connectivity index (χ1n) is 8.66. The van der Waals surface area contributed by atoms with Crippen molar-refractivity contribution in [1.82, 2.24) is 9.38 Å².